The highest BCUT2D eigenvalue weighted by Crippen LogP contribution is 2.30. The van der Waals surface area contributed by atoms with Gasteiger partial charge in [-0.2, -0.15) is 21.6 Å². The second-order valence-electron chi connectivity index (χ2n) is 6.00. The van der Waals surface area contributed by atoms with Crippen LogP contribution in [0.4, 0.5) is 13.2 Å². The van der Waals surface area contributed by atoms with Gasteiger partial charge in [-0.1, -0.05) is 6.92 Å². The summed E-state index contributed by atoms with van der Waals surface area (Å²) in [6.07, 6.45) is -0.0633. The monoisotopic (exact) mass is 347 g/mol. The first-order valence-corrected chi connectivity index (χ1v) is 7.94. The van der Waals surface area contributed by atoms with Gasteiger partial charge in [-0.05, 0) is 26.8 Å². The first-order chi connectivity index (χ1) is 9.73. The summed E-state index contributed by atoms with van der Waals surface area (Å²) in [5.41, 5.74) is -6.08. The summed E-state index contributed by atoms with van der Waals surface area (Å²) in [6, 6.07) is 0. The van der Waals surface area contributed by atoms with Gasteiger partial charge < -0.3 is 14.0 Å². The lowest BCUT2D eigenvalue weighted by Crippen LogP contribution is -2.46. The maximum atomic E-state index is 12.3. The molecule has 0 bridgehead atoms. The van der Waals surface area contributed by atoms with E-state index in [9.17, 15) is 26.7 Å². The molecular formula is C12H20F3NO5S. The molecule has 1 rings (SSSR count). The first-order valence-electron chi connectivity index (χ1n) is 6.54. The van der Waals surface area contributed by atoms with Crippen molar-refractivity contribution in [3.05, 3.63) is 11.8 Å². The van der Waals surface area contributed by atoms with Crippen molar-refractivity contribution in [1.82, 2.24) is 4.90 Å². The van der Waals surface area contributed by atoms with Gasteiger partial charge in [0.1, 0.15) is 5.76 Å². The smallest absolute Gasteiger partial charge is 0.381 e. The molecule has 6 nitrogen and oxygen atoms in total. The predicted octanol–water partition coefficient (Wildman–Crippen LogP) is 1.78. The zero-order chi connectivity index (χ0) is 17.3. The third kappa shape index (κ3) is 5.11. The van der Waals surface area contributed by atoms with Crippen LogP contribution in [0.3, 0.4) is 0 Å². The zero-order valence-electron chi connectivity index (χ0n) is 12.7. The molecule has 0 spiro atoms. The summed E-state index contributed by atoms with van der Waals surface area (Å²) in [5.74, 6) is -0.944. The molecule has 1 aliphatic rings. The van der Waals surface area contributed by atoms with Gasteiger partial charge in [0, 0.05) is 19.0 Å². The minimum atomic E-state index is -5.68. The molecule has 1 aliphatic heterocycles. The van der Waals surface area contributed by atoms with Gasteiger partial charge in [0.25, 0.3) is 0 Å². The Hall–Kier alpha value is -0.840. The lowest BCUT2D eigenvalue weighted by atomic mass is 10.1. The van der Waals surface area contributed by atoms with Crippen LogP contribution in [0.5, 0.6) is 0 Å². The lowest BCUT2D eigenvalue weighted by molar-refractivity contribution is -0.239. The van der Waals surface area contributed by atoms with E-state index in [4.69, 9.17) is 4.74 Å². The molecule has 0 amide bonds. The molecule has 0 aromatic carbocycles. The molecular weight excluding hydrogens is 327 g/mol. The van der Waals surface area contributed by atoms with Gasteiger partial charge in [-0.25, -0.2) is 0 Å². The van der Waals surface area contributed by atoms with E-state index >= 15 is 0 Å². The number of aliphatic hydroxyl groups is 1. The minimum absolute atomic E-state index is 0.00426. The second-order valence-corrected chi connectivity index (χ2v) is 7.54. The summed E-state index contributed by atoms with van der Waals surface area (Å²) >= 11 is 0. The van der Waals surface area contributed by atoms with E-state index in [2.05, 4.69) is 4.18 Å². The molecule has 0 saturated carbocycles. The second kappa shape index (κ2) is 6.34. The highest BCUT2D eigenvalue weighted by molar-refractivity contribution is 7.87. The topological polar surface area (TPSA) is 76.1 Å². The van der Waals surface area contributed by atoms with E-state index in [1.165, 1.54) is 17.9 Å². The minimum Gasteiger partial charge on any atom is -0.381 e. The van der Waals surface area contributed by atoms with E-state index in [0.29, 0.717) is 0 Å². The maximum absolute atomic E-state index is 12.3. The number of rotatable bonds is 4. The molecule has 0 aromatic rings. The van der Waals surface area contributed by atoms with E-state index in [0.717, 1.165) is 0 Å². The zero-order valence-corrected chi connectivity index (χ0v) is 13.5. The van der Waals surface area contributed by atoms with Crippen molar-refractivity contribution in [2.75, 3.05) is 13.1 Å². The molecule has 0 aromatic heterocycles. The molecule has 1 N–H and O–H groups in total. The lowest BCUT2D eigenvalue weighted by Gasteiger charge is -2.36. The van der Waals surface area contributed by atoms with Crippen LogP contribution in [0.25, 0.3) is 0 Å². The van der Waals surface area contributed by atoms with Gasteiger partial charge >= 0.3 is 15.6 Å². The van der Waals surface area contributed by atoms with E-state index in [1.54, 1.807) is 20.8 Å². The van der Waals surface area contributed by atoms with Crippen molar-refractivity contribution in [2.24, 2.45) is 5.92 Å². The molecule has 130 valence electrons. The van der Waals surface area contributed by atoms with Crippen molar-refractivity contribution >= 4 is 10.1 Å². The Kier molecular flexibility index (Phi) is 5.54. The van der Waals surface area contributed by atoms with Crippen LogP contribution in [-0.4, -0.2) is 49.0 Å². The fraction of sp³-hybridized carbons (Fsp3) is 0.833. The Balaban J connectivity index is 2.77. The van der Waals surface area contributed by atoms with Crippen LogP contribution >= 0.6 is 0 Å². The van der Waals surface area contributed by atoms with Crippen molar-refractivity contribution in [1.29, 1.82) is 0 Å². The van der Waals surface area contributed by atoms with Crippen LogP contribution in [0.1, 0.15) is 27.7 Å². The van der Waals surface area contributed by atoms with Crippen molar-refractivity contribution in [2.45, 2.75) is 45.2 Å². The molecule has 1 heterocycles. The van der Waals surface area contributed by atoms with Crippen molar-refractivity contribution in [3.8, 4) is 0 Å². The molecule has 10 heteroatoms. The summed E-state index contributed by atoms with van der Waals surface area (Å²) < 4.78 is 68.3. The highest BCUT2D eigenvalue weighted by Gasteiger charge is 2.49. The summed E-state index contributed by atoms with van der Waals surface area (Å²) in [4.78, 5) is 1.45. The number of ether oxygens (including phenoxy) is 1. The van der Waals surface area contributed by atoms with Crippen LogP contribution in [-0.2, 0) is 19.0 Å². The Morgan fingerprint density at radius 1 is 1.36 bits per heavy atom. The van der Waals surface area contributed by atoms with Crippen molar-refractivity contribution < 1.29 is 35.6 Å². The van der Waals surface area contributed by atoms with Gasteiger partial charge in [0.15, 0.2) is 0 Å². The van der Waals surface area contributed by atoms with Gasteiger partial charge in [0.2, 0.25) is 6.41 Å². The Morgan fingerprint density at radius 2 is 1.91 bits per heavy atom. The third-order valence-electron chi connectivity index (χ3n) is 2.78. The van der Waals surface area contributed by atoms with E-state index in [1.807, 2.05) is 0 Å². The first kappa shape index (κ1) is 19.2. The number of hydrogen-bond donors (Lipinski definition) is 1. The number of halogens is 3. The Labute approximate surface area is 127 Å². The van der Waals surface area contributed by atoms with Crippen LogP contribution in [0.2, 0.25) is 0 Å². The molecule has 22 heavy (non-hydrogen) atoms. The molecule has 0 radical (unpaired) electrons. The number of nitrogens with zero attached hydrogens (tertiary/aromatic N) is 1. The fourth-order valence-electron chi connectivity index (χ4n) is 1.79. The maximum Gasteiger partial charge on any atom is 0.534 e. The average molecular weight is 347 g/mol. The van der Waals surface area contributed by atoms with Crippen molar-refractivity contribution in [3.63, 3.8) is 0 Å². The number of alkyl halides is 3. The van der Waals surface area contributed by atoms with Crippen LogP contribution in [0.15, 0.2) is 11.8 Å². The molecule has 2 unspecified atom stereocenters. The quantitative estimate of drug-likeness (QED) is 0.475. The standard InChI is InChI=1S/C12H20F3NO5S/c1-8-7-16(10(17)20-11(2,3)4)6-5-9(8)21-22(18,19)12(13,14)15/h5,8,10,17H,6-7H2,1-4H3. The largest absolute Gasteiger partial charge is 0.534 e. The normalized spacial score (nSPS) is 23.1. The summed E-state index contributed by atoms with van der Waals surface area (Å²) in [6.45, 7) is 6.81. The molecule has 0 aliphatic carbocycles. The van der Waals surface area contributed by atoms with Gasteiger partial charge in [0.05, 0.1) is 5.60 Å². The number of hydrogen-bond acceptors (Lipinski definition) is 6. The van der Waals surface area contributed by atoms with Crippen LogP contribution in [0, 0.1) is 5.92 Å². The van der Waals surface area contributed by atoms with E-state index in [-0.39, 0.29) is 18.8 Å². The van der Waals surface area contributed by atoms with Crippen LogP contribution < -0.4 is 0 Å². The number of aliphatic hydroxyl groups excluding tert-OH is 1. The third-order valence-corrected chi connectivity index (χ3v) is 3.76. The van der Waals surface area contributed by atoms with E-state index < -0.39 is 33.6 Å². The SMILES string of the molecule is CC1CN(C(O)OC(C)(C)C)CC=C1OS(=O)(=O)C(F)(F)F. The summed E-state index contributed by atoms with van der Waals surface area (Å²) in [7, 11) is -5.68. The molecule has 0 fully saturated rings. The fourth-order valence-corrected chi connectivity index (χ4v) is 2.37. The highest BCUT2D eigenvalue weighted by atomic mass is 32.2. The molecule has 2 atom stereocenters. The average Bonchev–Trinajstić information content (AvgIpc) is 2.27. The Morgan fingerprint density at radius 3 is 2.32 bits per heavy atom. The van der Waals surface area contributed by atoms with Gasteiger partial charge in [-0.3, -0.25) is 4.90 Å². The Bertz CT molecular complexity index is 524. The predicted molar refractivity (Wildman–Crippen MR) is 71.7 cm³/mol. The molecule has 0 saturated heterocycles. The summed E-state index contributed by atoms with van der Waals surface area (Å²) in [5, 5.41) is 9.91. The van der Waals surface area contributed by atoms with Gasteiger partial charge in [-0.15, -0.1) is 0 Å².